The summed E-state index contributed by atoms with van der Waals surface area (Å²) in [5.74, 6) is 0. The standard InChI is InChI=1S/C11H27N3/c1-2-3-9-14(11-8-13)10-6-4-5-7-12/h2-13H2,1H3. The quantitative estimate of drug-likeness (QED) is 0.522. The molecule has 3 nitrogen and oxygen atoms in total. The minimum atomic E-state index is 0.778. The smallest absolute Gasteiger partial charge is 0.0105 e. The third kappa shape index (κ3) is 8.48. The molecule has 0 aromatic heterocycles. The van der Waals surface area contributed by atoms with Crippen LogP contribution in [0.4, 0.5) is 0 Å². The van der Waals surface area contributed by atoms with Crippen LogP contribution in [0, 0.1) is 0 Å². The van der Waals surface area contributed by atoms with Gasteiger partial charge in [0.1, 0.15) is 0 Å². The lowest BCUT2D eigenvalue weighted by atomic mass is 10.2. The van der Waals surface area contributed by atoms with E-state index in [4.69, 9.17) is 11.5 Å². The maximum Gasteiger partial charge on any atom is 0.0105 e. The predicted octanol–water partition coefficient (Wildman–Crippen LogP) is 1.18. The Labute approximate surface area is 88.8 Å². The molecule has 3 heteroatoms. The van der Waals surface area contributed by atoms with E-state index in [2.05, 4.69) is 11.8 Å². The third-order valence-corrected chi connectivity index (χ3v) is 2.45. The molecule has 0 atom stereocenters. The molecular weight excluding hydrogens is 174 g/mol. The molecule has 0 aliphatic rings. The van der Waals surface area contributed by atoms with Crippen molar-refractivity contribution in [1.29, 1.82) is 0 Å². The summed E-state index contributed by atoms with van der Waals surface area (Å²) in [5, 5.41) is 0. The molecule has 4 N–H and O–H groups in total. The van der Waals surface area contributed by atoms with Crippen molar-refractivity contribution in [3.05, 3.63) is 0 Å². The Balaban J connectivity index is 3.40. The maximum atomic E-state index is 5.57. The Bertz CT molecular complexity index is 107. The van der Waals surface area contributed by atoms with Crippen LogP contribution < -0.4 is 11.5 Å². The van der Waals surface area contributed by atoms with E-state index in [-0.39, 0.29) is 0 Å². The van der Waals surface area contributed by atoms with Crippen molar-refractivity contribution in [2.45, 2.75) is 39.0 Å². The van der Waals surface area contributed by atoms with Gasteiger partial charge in [0.25, 0.3) is 0 Å². The van der Waals surface area contributed by atoms with E-state index in [1.807, 2.05) is 0 Å². The highest BCUT2D eigenvalue weighted by atomic mass is 15.1. The summed E-state index contributed by atoms with van der Waals surface area (Å²) >= 11 is 0. The monoisotopic (exact) mass is 201 g/mol. The lowest BCUT2D eigenvalue weighted by Gasteiger charge is -2.20. The van der Waals surface area contributed by atoms with Crippen LogP contribution in [-0.4, -0.2) is 37.6 Å². The van der Waals surface area contributed by atoms with Gasteiger partial charge in [0.15, 0.2) is 0 Å². The van der Waals surface area contributed by atoms with Gasteiger partial charge in [-0.05, 0) is 38.9 Å². The Morgan fingerprint density at radius 1 is 0.786 bits per heavy atom. The molecule has 0 spiro atoms. The number of rotatable bonds is 10. The average molecular weight is 201 g/mol. The van der Waals surface area contributed by atoms with E-state index < -0.39 is 0 Å². The van der Waals surface area contributed by atoms with E-state index in [9.17, 15) is 0 Å². The zero-order valence-electron chi connectivity index (χ0n) is 9.67. The van der Waals surface area contributed by atoms with Crippen molar-refractivity contribution < 1.29 is 0 Å². The second-order valence-electron chi connectivity index (χ2n) is 3.83. The largest absolute Gasteiger partial charge is 0.330 e. The van der Waals surface area contributed by atoms with E-state index in [1.165, 1.54) is 38.8 Å². The zero-order valence-corrected chi connectivity index (χ0v) is 9.67. The fourth-order valence-electron chi connectivity index (χ4n) is 1.56. The number of hydrogen-bond acceptors (Lipinski definition) is 3. The van der Waals surface area contributed by atoms with Crippen LogP contribution in [0.1, 0.15) is 39.0 Å². The van der Waals surface area contributed by atoms with E-state index in [0.29, 0.717) is 0 Å². The molecule has 0 aliphatic carbocycles. The molecule has 14 heavy (non-hydrogen) atoms. The van der Waals surface area contributed by atoms with Gasteiger partial charge in [-0.15, -0.1) is 0 Å². The normalized spacial score (nSPS) is 11.1. The number of hydrogen-bond donors (Lipinski definition) is 2. The van der Waals surface area contributed by atoms with E-state index in [1.54, 1.807) is 0 Å². The van der Waals surface area contributed by atoms with Crippen LogP contribution in [0.15, 0.2) is 0 Å². The molecule has 0 aromatic rings. The van der Waals surface area contributed by atoms with Gasteiger partial charge in [0.05, 0.1) is 0 Å². The number of nitrogens with two attached hydrogens (primary N) is 2. The van der Waals surface area contributed by atoms with Gasteiger partial charge in [-0.3, -0.25) is 0 Å². The first kappa shape index (κ1) is 13.9. The summed E-state index contributed by atoms with van der Waals surface area (Å²) in [6.45, 7) is 7.28. The molecule has 86 valence electrons. The fraction of sp³-hybridized carbons (Fsp3) is 1.00. The van der Waals surface area contributed by atoms with Gasteiger partial charge in [-0.25, -0.2) is 0 Å². The third-order valence-electron chi connectivity index (χ3n) is 2.45. The molecule has 0 heterocycles. The fourth-order valence-corrected chi connectivity index (χ4v) is 1.56. The average Bonchev–Trinajstić information content (AvgIpc) is 2.20. The first-order chi connectivity index (χ1) is 6.85. The van der Waals surface area contributed by atoms with Crippen LogP contribution in [0.25, 0.3) is 0 Å². The number of unbranched alkanes of at least 4 members (excludes halogenated alkanes) is 3. The summed E-state index contributed by atoms with van der Waals surface area (Å²) < 4.78 is 0. The van der Waals surface area contributed by atoms with Crippen molar-refractivity contribution >= 4 is 0 Å². The molecule has 0 aliphatic heterocycles. The van der Waals surface area contributed by atoms with Crippen LogP contribution in [0.5, 0.6) is 0 Å². The van der Waals surface area contributed by atoms with Crippen LogP contribution in [0.2, 0.25) is 0 Å². The predicted molar refractivity (Wildman–Crippen MR) is 63.3 cm³/mol. The topological polar surface area (TPSA) is 55.3 Å². The second kappa shape index (κ2) is 11.0. The summed E-state index contributed by atoms with van der Waals surface area (Å²) in [7, 11) is 0. The highest BCUT2D eigenvalue weighted by Crippen LogP contribution is 2.00. The number of nitrogens with zero attached hydrogens (tertiary/aromatic N) is 1. The first-order valence-electron chi connectivity index (χ1n) is 5.97. The molecule has 0 amide bonds. The van der Waals surface area contributed by atoms with Crippen LogP contribution in [-0.2, 0) is 0 Å². The molecule has 0 aromatic carbocycles. The Kier molecular flexibility index (Phi) is 10.9. The highest BCUT2D eigenvalue weighted by molar-refractivity contribution is 4.58. The minimum absolute atomic E-state index is 0.778. The van der Waals surface area contributed by atoms with Gasteiger partial charge >= 0.3 is 0 Å². The first-order valence-corrected chi connectivity index (χ1v) is 5.97. The van der Waals surface area contributed by atoms with Crippen molar-refractivity contribution in [1.82, 2.24) is 4.90 Å². The molecule has 0 fully saturated rings. The molecule has 0 saturated heterocycles. The lowest BCUT2D eigenvalue weighted by molar-refractivity contribution is 0.270. The summed E-state index contributed by atoms with van der Waals surface area (Å²) in [4.78, 5) is 2.47. The maximum absolute atomic E-state index is 5.57. The SMILES string of the molecule is CCCCN(CCN)CCCCCN. The Hall–Kier alpha value is -0.120. The molecule has 0 unspecified atom stereocenters. The molecule has 0 rings (SSSR count). The Morgan fingerprint density at radius 2 is 1.50 bits per heavy atom. The van der Waals surface area contributed by atoms with Crippen LogP contribution >= 0.6 is 0 Å². The van der Waals surface area contributed by atoms with Crippen molar-refractivity contribution in [2.75, 3.05) is 32.7 Å². The van der Waals surface area contributed by atoms with Gasteiger partial charge in [0.2, 0.25) is 0 Å². The van der Waals surface area contributed by atoms with Gasteiger partial charge < -0.3 is 16.4 Å². The van der Waals surface area contributed by atoms with Crippen LogP contribution in [0.3, 0.4) is 0 Å². The minimum Gasteiger partial charge on any atom is -0.330 e. The van der Waals surface area contributed by atoms with Gasteiger partial charge in [-0.2, -0.15) is 0 Å². The van der Waals surface area contributed by atoms with Gasteiger partial charge in [-0.1, -0.05) is 19.8 Å². The zero-order chi connectivity index (χ0) is 10.6. The molecular formula is C11H27N3. The Morgan fingerprint density at radius 3 is 2.07 bits per heavy atom. The molecule has 0 saturated carbocycles. The summed E-state index contributed by atoms with van der Waals surface area (Å²) in [6.07, 6.45) is 6.23. The second-order valence-corrected chi connectivity index (χ2v) is 3.83. The van der Waals surface area contributed by atoms with E-state index >= 15 is 0 Å². The van der Waals surface area contributed by atoms with Crippen molar-refractivity contribution in [2.24, 2.45) is 11.5 Å². The van der Waals surface area contributed by atoms with Gasteiger partial charge in [0, 0.05) is 13.1 Å². The van der Waals surface area contributed by atoms with Crippen molar-refractivity contribution in [3.8, 4) is 0 Å². The lowest BCUT2D eigenvalue weighted by Crippen LogP contribution is -2.31. The molecule has 0 radical (unpaired) electrons. The van der Waals surface area contributed by atoms with Crippen molar-refractivity contribution in [3.63, 3.8) is 0 Å². The highest BCUT2D eigenvalue weighted by Gasteiger charge is 2.01. The summed E-state index contributed by atoms with van der Waals surface area (Å²) in [6, 6.07) is 0. The summed E-state index contributed by atoms with van der Waals surface area (Å²) in [5.41, 5.74) is 11.0. The van der Waals surface area contributed by atoms with E-state index in [0.717, 1.165) is 26.1 Å². The molecule has 0 bridgehead atoms.